The summed E-state index contributed by atoms with van der Waals surface area (Å²) in [7, 11) is -2.10. The van der Waals surface area contributed by atoms with Gasteiger partial charge in [0.2, 0.25) is 10.0 Å². The Morgan fingerprint density at radius 1 is 1.14 bits per heavy atom. The molecule has 0 aliphatic carbocycles. The first-order valence-electron chi connectivity index (χ1n) is 6.45. The summed E-state index contributed by atoms with van der Waals surface area (Å²) in [6, 6.07) is 11.5. The highest BCUT2D eigenvalue weighted by Gasteiger charge is 2.11. The molecule has 21 heavy (non-hydrogen) atoms. The zero-order valence-electron chi connectivity index (χ0n) is 11.9. The maximum atomic E-state index is 13.5. The molecule has 2 aromatic carbocycles. The van der Waals surface area contributed by atoms with E-state index in [0.29, 0.717) is 17.8 Å². The Labute approximate surface area is 124 Å². The van der Waals surface area contributed by atoms with Crippen LogP contribution >= 0.6 is 0 Å². The van der Waals surface area contributed by atoms with Gasteiger partial charge in [0.15, 0.2) is 0 Å². The summed E-state index contributed by atoms with van der Waals surface area (Å²) in [5, 5.41) is 3.09. The van der Waals surface area contributed by atoms with Crippen LogP contribution < -0.4 is 10.0 Å². The SMILES string of the molecule is CNS(=O)(=O)c1cccc(NCc2ccc(C)c(F)c2)c1. The van der Waals surface area contributed by atoms with E-state index in [4.69, 9.17) is 0 Å². The molecule has 4 nitrogen and oxygen atoms in total. The van der Waals surface area contributed by atoms with E-state index in [1.165, 1.54) is 25.2 Å². The number of aryl methyl sites for hydroxylation is 1. The van der Waals surface area contributed by atoms with Crippen molar-refractivity contribution in [3.05, 3.63) is 59.4 Å². The molecule has 0 saturated carbocycles. The molecular formula is C15H17FN2O2S. The van der Waals surface area contributed by atoms with Gasteiger partial charge < -0.3 is 5.32 Å². The van der Waals surface area contributed by atoms with E-state index in [-0.39, 0.29) is 10.7 Å². The van der Waals surface area contributed by atoms with Gasteiger partial charge in [-0.2, -0.15) is 0 Å². The minimum absolute atomic E-state index is 0.185. The largest absolute Gasteiger partial charge is 0.381 e. The first kappa shape index (κ1) is 15.5. The number of hydrogen-bond acceptors (Lipinski definition) is 3. The third kappa shape index (κ3) is 3.80. The minimum atomic E-state index is -3.47. The van der Waals surface area contributed by atoms with Crippen molar-refractivity contribution in [3.8, 4) is 0 Å². The highest BCUT2D eigenvalue weighted by Crippen LogP contribution is 2.16. The van der Waals surface area contributed by atoms with Crippen molar-refractivity contribution in [2.45, 2.75) is 18.4 Å². The summed E-state index contributed by atoms with van der Waals surface area (Å²) in [4.78, 5) is 0.185. The number of rotatable bonds is 5. The highest BCUT2D eigenvalue weighted by molar-refractivity contribution is 7.89. The molecule has 2 aromatic rings. The van der Waals surface area contributed by atoms with Crippen LogP contribution in [0.4, 0.5) is 10.1 Å². The molecule has 0 unspecified atom stereocenters. The van der Waals surface area contributed by atoms with Gasteiger partial charge in [-0.05, 0) is 49.4 Å². The Morgan fingerprint density at radius 2 is 1.90 bits per heavy atom. The van der Waals surface area contributed by atoms with Gasteiger partial charge in [0.1, 0.15) is 5.82 Å². The molecule has 112 valence electrons. The number of nitrogens with one attached hydrogen (secondary N) is 2. The third-order valence-electron chi connectivity index (χ3n) is 3.15. The number of sulfonamides is 1. The number of hydrogen-bond donors (Lipinski definition) is 2. The van der Waals surface area contributed by atoms with Crippen molar-refractivity contribution in [1.29, 1.82) is 0 Å². The van der Waals surface area contributed by atoms with Crippen molar-refractivity contribution in [3.63, 3.8) is 0 Å². The molecule has 0 amide bonds. The fourth-order valence-electron chi connectivity index (χ4n) is 1.84. The standard InChI is InChI=1S/C15H17FN2O2S/c1-11-6-7-12(8-15(11)16)10-18-13-4-3-5-14(9-13)21(19,20)17-2/h3-9,17-18H,10H2,1-2H3. The van der Waals surface area contributed by atoms with E-state index >= 15 is 0 Å². The Balaban J connectivity index is 2.13. The molecule has 0 aliphatic rings. The molecule has 0 bridgehead atoms. The van der Waals surface area contributed by atoms with Crippen LogP contribution in [0.15, 0.2) is 47.4 Å². The van der Waals surface area contributed by atoms with Crippen molar-refractivity contribution in [2.75, 3.05) is 12.4 Å². The lowest BCUT2D eigenvalue weighted by Gasteiger charge is -2.09. The Morgan fingerprint density at radius 3 is 2.57 bits per heavy atom. The van der Waals surface area contributed by atoms with Crippen LogP contribution in [0.3, 0.4) is 0 Å². The Kier molecular flexibility index (Phi) is 4.59. The molecule has 2 N–H and O–H groups in total. The zero-order valence-corrected chi connectivity index (χ0v) is 12.7. The average Bonchev–Trinajstić information content (AvgIpc) is 2.49. The van der Waals surface area contributed by atoms with Gasteiger partial charge in [-0.25, -0.2) is 17.5 Å². The van der Waals surface area contributed by atoms with Crippen LogP contribution in [0.5, 0.6) is 0 Å². The fraction of sp³-hybridized carbons (Fsp3) is 0.200. The maximum Gasteiger partial charge on any atom is 0.240 e. The van der Waals surface area contributed by atoms with Gasteiger partial charge in [-0.3, -0.25) is 0 Å². The number of halogens is 1. The Bertz CT molecular complexity index is 745. The molecule has 0 heterocycles. The van der Waals surface area contributed by atoms with Gasteiger partial charge in [0.05, 0.1) is 4.90 Å². The quantitative estimate of drug-likeness (QED) is 0.893. The number of anilines is 1. The van der Waals surface area contributed by atoms with Crippen molar-refractivity contribution in [2.24, 2.45) is 0 Å². The molecule has 0 aromatic heterocycles. The summed E-state index contributed by atoms with van der Waals surface area (Å²) in [5.74, 6) is -0.249. The molecular weight excluding hydrogens is 291 g/mol. The van der Waals surface area contributed by atoms with Crippen LogP contribution in [0.25, 0.3) is 0 Å². The summed E-state index contributed by atoms with van der Waals surface area (Å²) >= 11 is 0. The second-order valence-corrected chi connectivity index (χ2v) is 6.56. The fourth-order valence-corrected chi connectivity index (χ4v) is 2.62. The molecule has 6 heteroatoms. The van der Waals surface area contributed by atoms with Gasteiger partial charge in [0, 0.05) is 12.2 Å². The second kappa shape index (κ2) is 6.24. The zero-order chi connectivity index (χ0) is 15.5. The van der Waals surface area contributed by atoms with Crippen LogP contribution in [0.2, 0.25) is 0 Å². The van der Waals surface area contributed by atoms with E-state index in [9.17, 15) is 12.8 Å². The summed E-state index contributed by atoms with van der Waals surface area (Å²) in [6.45, 7) is 2.12. The van der Waals surface area contributed by atoms with E-state index < -0.39 is 10.0 Å². The van der Waals surface area contributed by atoms with E-state index in [2.05, 4.69) is 10.0 Å². The lowest BCUT2D eigenvalue weighted by Crippen LogP contribution is -2.18. The predicted molar refractivity (Wildman–Crippen MR) is 81.2 cm³/mol. The Hall–Kier alpha value is -1.92. The van der Waals surface area contributed by atoms with Crippen LogP contribution in [0, 0.1) is 12.7 Å². The van der Waals surface area contributed by atoms with Crippen molar-refractivity contribution >= 4 is 15.7 Å². The van der Waals surface area contributed by atoms with Gasteiger partial charge in [0.25, 0.3) is 0 Å². The topological polar surface area (TPSA) is 58.2 Å². The van der Waals surface area contributed by atoms with Crippen LogP contribution in [0.1, 0.15) is 11.1 Å². The van der Waals surface area contributed by atoms with E-state index in [1.807, 2.05) is 6.07 Å². The first-order chi connectivity index (χ1) is 9.92. The molecule has 2 rings (SSSR count). The van der Waals surface area contributed by atoms with Crippen LogP contribution in [-0.2, 0) is 16.6 Å². The molecule has 0 radical (unpaired) electrons. The molecule has 0 atom stereocenters. The van der Waals surface area contributed by atoms with Crippen LogP contribution in [-0.4, -0.2) is 15.5 Å². The summed E-state index contributed by atoms with van der Waals surface area (Å²) in [6.07, 6.45) is 0. The third-order valence-corrected chi connectivity index (χ3v) is 4.56. The highest BCUT2D eigenvalue weighted by atomic mass is 32.2. The summed E-state index contributed by atoms with van der Waals surface area (Å²) < 4.78 is 39.2. The minimum Gasteiger partial charge on any atom is -0.381 e. The maximum absolute atomic E-state index is 13.5. The molecule has 0 aliphatic heterocycles. The molecule has 0 fully saturated rings. The van der Waals surface area contributed by atoms with Gasteiger partial charge in [-0.1, -0.05) is 18.2 Å². The first-order valence-corrected chi connectivity index (χ1v) is 7.93. The average molecular weight is 308 g/mol. The van der Waals surface area contributed by atoms with Crippen molar-refractivity contribution < 1.29 is 12.8 Å². The van der Waals surface area contributed by atoms with E-state index in [1.54, 1.807) is 25.1 Å². The normalized spacial score (nSPS) is 11.4. The van der Waals surface area contributed by atoms with Gasteiger partial charge in [-0.15, -0.1) is 0 Å². The molecule has 0 spiro atoms. The lowest BCUT2D eigenvalue weighted by molar-refractivity contribution is 0.588. The lowest BCUT2D eigenvalue weighted by atomic mass is 10.1. The van der Waals surface area contributed by atoms with E-state index in [0.717, 1.165) is 5.56 Å². The predicted octanol–water partition coefficient (Wildman–Crippen LogP) is 2.65. The monoisotopic (exact) mass is 308 g/mol. The molecule has 0 saturated heterocycles. The second-order valence-electron chi connectivity index (χ2n) is 4.67. The number of benzene rings is 2. The van der Waals surface area contributed by atoms with Crippen molar-refractivity contribution in [1.82, 2.24) is 4.72 Å². The smallest absolute Gasteiger partial charge is 0.240 e. The van der Waals surface area contributed by atoms with Gasteiger partial charge >= 0.3 is 0 Å². The summed E-state index contributed by atoms with van der Waals surface area (Å²) in [5.41, 5.74) is 2.05.